The zero-order valence-electron chi connectivity index (χ0n) is 16.2. The van der Waals surface area contributed by atoms with E-state index in [1.807, 2.05) is 0 Å². The molecule has 1 N–H and O–H groups in total. The first-order valence-electron chi connectivity index (χ1n) is 8.64. The molecule has 0 aliphatic heterocycles. The third kappa shape index (κ3) is 6.60. The van der Waals surface area contributed by atoms with Crippen molar-refractivity contribution < 1.29 is 32.6 Å². The summed E-state index contributed by atoms with van der Waals surface area (Å²) >= 11 is 0. The molecule has 6 nitrogen and oxygen atoms in total. The highest BCUT2D eigenvalue weighted by Crippen LogP contribution is 2.23. The second kappa shape index (κ2) is 10.2. The van der Waals surface area contributed by atoms with E-state index in [1.54, 1.807) is 18.2 Å². The van der Waals surface area contributed by atoms with Gasteiger partial charge in [-0.2, -0.15) is 0 Å². The molecule has 0 saturated heterocycles. The number of ether oxygens (including phenoxy) is 3. The van der Waals surface area contributed by atoms with E-state index in [1.165, 1.54) is 33.3 Å². The Morgan fingerprint density at radius 1 is 1.07 bits per heavy atom. The lowest BCUT2D eigenvalue weighted by atomic mass is 10.1. The van der Waals surface area contributed by atoms with Crippen LogP contribution in [0.4, 0.5) is 8.78 Å². The third-order valence-electron chi connectivity index (χ3n) is 3.94. The van der Waals surface area contributed by atoms with Crippen molar-refractivity contribution in [3.8, 4) is 11.5 Å². The Morgan fingerprint density at radius 2 is 1.72 bits per heavy atom. The first-order valence-corrected chi connectivity index (χ1v) is 8.64. The van der Waals surface area contributed by atoms with Crippen molar-refractivity contribution in [3.63, 3.8) is 0 Å². The van der Waals surface area contributed by atoms with Gasteiger partial charge in [-0.25, -0.2) is 13.6 Å². The number of carbonyl (C=O) groups is 2. The molecule has 0 fully saturated rings. The molecule has 0 saturated carbocycles. The molecule has 0 bridgehead atoms. The molecule has 1 amide bonds. The minimum absolute atomic E-state index is 0.123. The highest BCUT2D eigenvalue weighted by Gasteiger charge is 2.15. The van der Waals surface area contributed by atoms with E-state index in [2.05, 4.69) is 5.32 Å². The van der Waals surface area contributed by atoms with Crippen LogP contribution in [0.2, 0.25) is 0 Å². The lowest BCUT2D eigenvalue weighted by Gasteiger charge is -2.15. The first-order chi connectivity index (χ1) is 13.8. The van der Waals surface area contributed by atoms with Gasteiger partial charge in [0.25, 0.3) is 5.91 Å². The van der Waals surface area contributed by atoms with Crippen LogP contribution in [0.25, 0.3) is 6.08 Å². The highest BCUT2D eigenvalue weighted by molar-refractivity contribution is 5.89. The molecule has 2 rings (SSSR count). The number of nitrogens with one attached hydrogen (secondary N) is 1. The number of benzene rings is 2. The van der Waals surface area contributed by atoms with Gasteiger partial charge in [0.1, 0.15) is 23.1 Å². The van der Waals surface area contributed by atoms with E-state index in [4.69, 9.17) is 14.2 Å². The summed E-state index contributed by atoms with van der Waals surface area (Å²) in [6.45, 7) is 0.990. The summed E-state index contributed by atoms with van der Waals surface area (Å²) < 4.78 is 41.8. The molecule has 1 atom stereocenters. The van der Waals surface area contributed by atoms with Gasteiger partial charge >= 0.3 is 5.97 Å². The quantitative estimate of drug-likeness (QED) is 0.538. The van der Waals surface area contributed by atoms with Crippen LogP contribution in [-0.2, 0) is 14.3 Å². The maximum atomic E-state index is 13.7. The fourth-order valence-corrected chi connectivity index (χ4v) is 2.49. The Morgan fingerprint density at radius 3 is 2.31 bits per heavy atom. The van der Waals surface area contributed by atoms with Gasteiger partial charge in [0.05, 0.1) is 20.3 Å². The Bertz CT molecular complexity index is 892. The summed E-state index contributed by atoms with van der Waals surface area (Å²) in [5.41, 5.74) is 0.765. The summed E-state index contributed by atoms with van der Waals surface area (Å²) in [5.74, 6) is -1.73. The lowest BCUT2D eigenvalue weighted by molar-refractivity contribution is -0.144. The summed E-state index contributed by atoms with van der Waals surface area (Å²) in [4.78, 5) is 23.7. The maximum absolute atomic E-state index is 13.7. The van der Waals surface area contributed by atoms with E-state index in [-0.39, 0.29) is 5.56 Å². The molecule has 0 aliphatic rings. The Balaban J connectivity index is 1.88. The number of carbonyl (C=O) groups excluding carboxylic acids is 2. The Kier molecular flexibility index (Phi) is 7.70. The number of esters is 1. The molecular weight excluding hydrogens is 384 g/mol. The molecule has 0 heterocycles. The summed E-state index contributed by atoms with van der Waals surface area (Å²) in [5, 5.41) is 2.48. The monoisotopic (exact) mass is 405 g/mol. The maximum Gasteiger partial charge on any atom is 0.331 e. The van der Waals surface area contributed by atoms with E-state index in [9.17, 15) is 18.4 Å². The van der Waals surface area contributed by atoms with Gasteiger partial charge in [-0.15, -0.1) is 0 Å². The number of methoxy groups -OCH3 is 2. The molecule has 29 heavy (non-hydrogen) atoms. The van der Waals surface area contributed by atoms with Crippen LogP contribution in [-0.4, -0.2) is 32.7 Å². The second-order valence-electron chi connectivity index (χ2n) is 6.04. The molecular formula is C21H21F2NO5. The number of halogens is 2. The van der Waals surface area contributed by atoms with E-state index in [0.29, 0.717) is 17.1 Å². The fourth-order valence-electron chi connectivity index (χ4n) is 2.49. The van der Waals surface area contributed by atoms with E-state index < -0.39 is 36.2 Å². The first kappa shape index (κ1) is 21.9. The number of hydrogen-bond acceptors (Lipinski definition) is 5. The van der Waals surface area contributed by atoms with Crippen LogP contribution >= 0.6 is 0 Å². The van der Waals surface area contributed by atoms with Crippen LogP contribution < -0.4 is 14.8 Å². The van der Waals surface area contributed by atoms with Crippen molar-refractivity contribution in [2.45, 2.75) is 13.0 Å². The van der Waals surface area contributed by atoms with Gasteiger partial charge in [-0.1, -0.05) is 6.07 Å². The summed E-state index contributed by atoms with van der Waals surface area (Å²) in [6.07, 6.45) is 2.65. The smallest absolute Gasteiger partial charge is 0.331 e. The summed E-state index contributed by atoms with van der Waals surface area (Å²) in [6, 6.07) is 7.42. The number of amides is 1. The van der Waals surface area contributed by atoms with Crippen molar-refractivity contribution in [1.82, 2.24) is 5.32 Å². The topological polar surface area (TPSA) is 73.9 Å². The normalized spacial score (nSPS) is 11.8. The minimum Gasteiger partial charge on any atom is -0.497 e. The van der Waals surface area contributed by atoms with Crippen LogP contribution in [0.1, 0.15) is 24.1 Å². The molecule has 2 aromatic carbocycles. The molecule has 154 valence electrons. The SMILES string of the molecule is COc1cc(/C=C/C(=O)OCC(=O)N[C@H](C)c2ccc(F)cc2F)cc(OC)c1. The van der Waals surface area contributed by atoms with Crippen molar-refractivity contribution in [3.05, 3.63) is 65.2 Å². The van der Waals surface area contributed by atoms with Gasteiger partial charge in [0.2, 0.25) is 0 Å². The molecule has 0 spiro atoms. The standard InChI is InChI=1S/C21H21F2NO5/c1-13(18-6-5-15(22)10-19(18)23)24-20(25)12-29-21(26)7-4-14-8-16(27-2)11-17(9-14)28-3/h4-11,13H,12H2,1-3H3,(H,24,25)/b7-4+/t13-/m1/s1. The van der Waals surface area contributed by atoms with E-state index in [0.717, 1.165) is 18.2 Å². The van der Waals surface area contributed by atoms with Crippen LogP contribution in [0.5, 0.6) is 11.5 Å². The van der Waals surface area contributed by atoms with Crippen molar-refractivity contribution in [1.29, 1.82) is 0 Å². The molecule has 0 aromatic heterocycles. The minimum atomic E-state index is -0.772. The third-order valence-corrected chi connectivity index (χ3v) is 3.94. The molecule has 2 aromatic rings. The predicted molar refractivity (Wildman–Crippen MR) is 102 cm³/mol. The van der Waals surface area contributed by atoms with Crippen molar-refractivity contribution in [2.24, 2.45) is 0 Å². The Hall–Kier alpha value is -3.42. The van der Waals surface area contributed by atoms with E-state index >= 15 is 0 Å². The number of rotatable bonds is 8. The molecule has 0 unspecified atom stereocenters. The van der Waals surface area contributed by atoms with Gasteiger partial charge in [0.15, 0.2) is 6.61 Å². The van der Waals surface area contributed by atoms with Crippen molar-refractivity contribution in [2.75, 3.05) is 20.8 Å². The van der Waals surface area contributed by atoms with Gasteiger partial charge < -0.3 is 19.5 Å². The summed E-state index contributed by atoms with van der Waals surface area (Å²) in [7, 11) is 3.02. The molecule has 0 aliphatic carbocycles. The zero-order chi connectivity index (χ0) is 21.4. The zero-order valence-corrected chi connectivity index (χ0v) is 16.2. The van der Waals surface area contributed by atoms with Crippen molar-refractivity contribution >= 4 is 18.0 Å². The highest BCUT2D eigenvalue weighted by atomic mass is 19.1. The van der Waals surface area contributed by atoms with Gasteiger partial charge in [-0.05, 0) is 36.8 Å². The number of hydrogen-bond donors (Lipinski definition) is 1. The molecule has 8 heteroatoms. The van der Waals surface area contributed by atoms with Crippen LogP contribution in [0.15, 0.2) is 42.5 Å². The average Bonchev–Trinajstić information content (AvgIpc) is 2.70. The fraction of sp³-hybridized carbons (Fsp3) is 0.238. The van der Waals surface area contributed by atoms with Crippen LogP contribution in [0.3, 0.4) is 0 Å². The predicted octanol–water partition coefficient (Wildman–Crippen LogP) is 3.42. The largest absolute Gasteiger partial charge is 0.497 e. The van der Waals surface area contributed by atoms with Crippen LogP contribution in [0, 0.1) is 11.6 Å². The molecule has 0 radical (unpaired) electrons. The Labute approximate surface area is 167 Å². The van der Waals surface area contributed by atoms with Gasteiger partial charge in [-0.3, -0.25) is 4.79 Å². The lowest BCUT2D eigenvalue weighted by Crippen LogP contribution is -2.31. The van der Waals surface area contributed by atoms with Gasteiger partial charge in [0, 0.05) is 23.8 Å². The second-order valence-corrected chi connectivity index (χ2v) is 6.04. The average molecular weight is 405 g/mol.